The highest BCUT2D eigenvalue weighted by Crippen LogP contribution is 2.27. The highest BCUT2D eigenvalue weighted by Gasteiger charge is 2.27. The normalized spacial score (nSPS) is 17.9. The smallest absolute Gasteiger partial charge is 0.350 e. The lowest BCUT2D eigenvalue weighted by atomic mass is 9.96. The van der Waals surface area contributed by atoms with E-state index in [0.29, 0.717) is 5.75 Å². The highest BCUT2D eigenvalue weighted by atomic mass is 16.3. The molecule has 1 atom stereocenters. The first-order chi connectivity index (χ1) is 13.1. The maximum Gasteiger partial charge on any atom is 0.350 e. The summed E-state index contributed by atoms with van der Waals surface area (Å²) in [5.41, 5.74) is 1.84. The number of para-hydroxylation sites is 1. The Morgan fingerprint density at radius 1 is 1.15 bits per heavy atom. The summed E-state index contributed by atoms with van der Waals surface area (Å²) in [5, 5.41) is 14.3. The van der Waals surface area contributed by atoms with Crippen LogP contribution in [0.2, 0.25) is 0 Å². The highest BCUT2D eigenvalue weighted by molar-refractivity contribution is 5.33. The minimum absolute atomic E-state index is 0.110. The van der Waals surface area contributed by atoms with E-state index in [-0.39, 0.29) is 11.6 Å². The molecule has 0 aliphatic carbocycles. The van der Waals surface area contributed by atoms with Crippen molar-refractivity contribution in [3.8, 4) is 11.4 Å². The molecule has 27 heavy (non-hydrogen) atoms. The van der Waals surface area contributed by atoms with E-state index >= 15 is 0 Å². The number of phenolic OH excluding ortho intramolecular Hbond substituents is 1. The van der Waals surface area contributed by atoms with Crippen molar-refractivity contribution < 1.29 is 5.11 Å². The van der Waals surface area contributed by atoms with E-state index < -0.39 is 0 Å². The van der Waals surface area contributed by atoms with Crippen molar-refractivity contribution in [1.29, 1.82) is 0 Å². The molecule has 4 rings (SSSR count). The van der Waals surface area contributed by atoms with Crippen LogP contribution in [0, 0.1) is 0 Å². The minimum Gasteiger partial charge on any atom is -0.508 e. The molecule has 1 aliphatic rings. The van der Waals surface area contributed by atoms with Gasteiger partial charge in [-0.15, -0.1) is 0 Å². The van der Waals surface area contributed by atoms with Gasteiger partial charge in [-0.05, 0) is 49.2 Å². The van der Waals surface area contributed by atoms with E-state index in [9.17, 15) is 9.90 Å². The summed E-state index contributed by atoms with van der Waals surface area (Å²) >= 11 is 0. The molecule has 1 N–H and O–H groups in total. The summed E-state index contributed by atoms with van der Waals surface area (Å²) in [5.74, 6) is 1.32. The number of aromatic hydroxyl groups is 1. The molecule has 6 heteroatoms. The molecule has 0 saturated carbocycles. The van der Waals surface area contributed by atoms with Crippen LogP contribution < -0.4 is 5.69 Å². The zero-order valence-corrected chi connectivity index (χ0v) is 15.5. The third-order valence-electron chi connectivity index (χ3n) is 5.15. The molecule has 1 saturated heterocycles. The number of piperidine rings is 1. The lowest BCUT2D eigenvalue weighted by Crippen LogP contribution is -2.35. The van der Waals surface area contributed by atoms with Crippen molar-refractivity contribution in [1.82, 2.24) is 19.2 Å². The molecule has 1 fully saturated rings. The van der Waals surface area contributed by atoms with Crippen LogP contribution in [-0.2, 0) is 13.6 Å². The standard InChI is InChI=1S/C21H24N4O2/c1-23-21(27)25(18-9-3-2-4-10-18)20(22-23)17-8-6-12-24(15-17)14-16-7-5-11-19(26)13-16/h2-5,7,9-11,13,17,26H,6,8,12,14-15H2,1H3/t17-/m0/s1. The van der Waals surface area contributed by atoms with Crippen molar-refractivity contribution >= 4 is 0 Å². The third-order valence-corrected chi connectivity index (χ3v) is 5.15. The topological polar surface area (TPSA) is 63.3 Å². The van der Waals surface area contributed by atoms with E-state index in [2.05, 4.69) is 10.00 Å². The van der Waals surface area contributed by atoms with E-state index in [4.69, 9.17) is 0 Å². The lowest BCUT2D eigenvalue weighted by molar-refractivity contribution is 0.195. The van der Waals surface area contributed by atoms with Crippen molar-refractivity contribution in [2.45, 2.75) is 25.3 Å². The first-order valence-corrected chi connectivity index (χ1v) is 9.33. The number of nitrogens with zero attached hydrogens (tertiary/aromatic N) is 4. The van der Waals surface area contributed by atoms with Gasteiger partial charge in [-0.1, -0.05) is 30.3 Å². The SMILES string of the molecule is Cn1nc([C@H]2CCCN(Cc3cccc(O)c3)C2)n(-c2ccccc2)c1=O. The zero-order valence-electron chi connectivity index (χ0n) is 15.5. The fourth-order valence-electron chi connectivity index (χ4n) is 3.89. The molecule has 0 bridgehead atoms. The fourth-order valence-corrected chi connectivity index (χ4v) is 3.89. The maximum absolute atomic E-state index is 12.7. The molecule has 0 radical (unpaired) electrons. The molecule has 0 amide bonds. The van der Waals surface area contributed by atoms with Gasteiger partial charge in [-0.3, -0.25) is 4.90 Å². The average Bonchev–Trinajstić information content (AvgIpc) is 2.98. The monoisotopic (exact) mass is 364 g/mol. The lowest BCUT2D eigenvalue weighted by Gasteiger charge is -2.32. The second-order valence-electron chi connectivity index (χ2n) is 7.18. The summed E-state index contributed by atoms with van der Waals surface area (Å²) in [6, 6.07) is 17.1. The number of hydrogen-bond acceptors (Lipinski definition) is 4. The van der Waals surface area contributed by atoms with Crippen molar-refractivity contribution in [3.63, 3.8) is 0 Å². The van der Waals surface area contributed by atoms with E-state index in [1.165, 1.54) is 4.68 Å². The van der Waals surface area contributed by atoms with Crippen LogP contribution in [0.25, 0.3) is 5.69 Å². The molecule has 140 valence electrons. The summed E-state index contributed by atoms with van der Waals surface area (Å²) < 4.78 is 3.17. The predicted octanol–water partition coefficient (Wildman–Crippen LogP) is 2.66. The number of hydrogen-bond donors (Lipinski definition) is 1. The van der Waals surface area contributed by atoms with Crippen LogP contribution in [0.4, 0.5) is 0 Å². The largest absolute Gasteiger partial charge is 0.508 e. The van der Waals surface area contributed by atoms with Gasteiger partial charge in [0, 0.05) is 26.1 Å². The minimum atomic E-state index is -0.110. The molecule has 1 aromatic heterocycles. The predicted molar refractivity (Wildman–Crippen MR) is 104 cm³/mol. The van der Waals surface area contributed by atoms with E-state index in [1.54, 1.807) is 17.7 Å². The average molecular weight is 364 g/mol. The van der Waals surface area contributed by atoms with Gasteiger partial charge in [0.05, 0.1) is 5.69 Å². The number of aryl methyl sites for hydroxylation is 1. The van der Waals surface area contributed by atoms with Crippen LogP contribution >= 0.6 is 0 Å². The Labute approximate surface area is 158 Å². The van der Waals surface area contributed by atoms with Gasteiger partial charge in [-0.25, -0.2) is 14.0 Å². The number of rotatable bonds is 4. The Hall–Kier alpha value is -2.86. The Morgan fingerprint density at radius 2 is 1.96 bits per heavy atom. The van der Waals surface area contributed by atoms with Crippen LogP contribution in [-0.4, -0.2) is 37.4 Å². The third kappa shape index (κ3) is 3.66. The number of likely N-dealkylation sites (tertiary alicyclic amines) is 1. The van der Waals surface area contributed by atoms with Crippen LogP contribution in [0.15, 0.2) is 59.4 Å². The van der Waals surface area contributed by atoms with E-state index in [0.717, 1.165) is 49.6 Å². The molecule has 6 nitrogen and oxygen atoms in total. The summed E-state index contributed by atoms with van der Waals surface area (Å²) in [6.07, 6.45) is 2.07. The second kappa shape index (κ2) is 7.40. The van der Waals surface area contributed by atoms with Gasteiger partial charge < -0.3 is 5.11 Å². The molecular weight excluding hydrogens is 340 g/mol. The maximum atomic E-state index is 12.7. The molecule has 2 aromatic carbocycles. The summed E-state index contributed by atoms with van der Waals surface area (Å²) in [6.45, 7) is 2.64. The molecule has 3 aromatic rings. The molecule has 1 aliphatic heterocycles. The van der Waals surface area contributed by atoms with Crippen LogP contribution in [0.1, 0.15) is 30.1 Å². The first-order valence-electron chi connectivity index (χ1n) is 9.33. The van der Waals surface area contributed by atoms with Crippen molar-refractivity contribution in [3.05, 3.63) is 76.5 Å². The van der Waals surface area contributed by atoms with E-state index in [1.807, 2.05) is 48.5 Å². The molecule has 0 unspecified atom stereocenters. The number of phenols is 1. The Morgan fingerprint density at radius 3 is 2.74 bits per heavy atom. The van der Waals surface area contributed by atoms with Gasteiger partial charge in [-0.2, -0.15) is 5.10 Å². The van der Waals surface area contributed by atoms with Crippen LogP contribution in [0.5, 0.6) is 5.75 Å². The first kappa shape index (κ1) is 17.5. The van der Waals surface area contributed by atoms with Gasteiger partial charge in [0.1, 0.15) is 11.6 Å². The molecular formula is C21H24N4O2. The zero-order chi connectivity index (χ0) is 18.8. The number of benzene rings is 2. The molecule has 2 heterocycles. The number of aromatic nitrogens is 3. The van der Waals surface area contributed by atoms with Crippen molar-refractivity contribution in [2.24, 2.45) is 7.05 Å². The Bertz CT molecular complexity index is 977. The summed E-state index contributed by atoms with van der Waals surface area (Å²) in [7, 11) is 1.71. The van der Waals surface area contributed by atoms with Gasteiger partial charge in [0.15, 0.2) is 0 Å². The van der Waals surface area contributed by atoms with Gasteiger partial charge >= 0.3 is 5.69 Å². The van der Waals surface area contributed by atoms with Crippen molar-refractivity contribution in [2.75, 3.05) is 13.1 Å². The second-order valence-corrected chi connectivity index (χ2v) is 7.18. The Kier molecular flexibility index (Phi) is 4.81. The quantitative estimate of drug-likeness (QED) is 0.773. The Balaban J connectivity index is 1.60. The van der Waals surface area contributed by atoms with Crippen LogP contribution in [0.3, 0.4) is 0 Å². The van der Waals surface area contributed by atoms with Gasteiger partial charge in [0.2, 0.25) is 0 Å². The fraction of sp³-hybridized carbons (Fsp3) is 0.333. The molecule has 0 spiro atoms. The summed E-state index contributed by atoms with van der Waals surface area (Å²) in [4.78, 5) is 15.0. The van der Waals surface area contributed by atoms with Gasteiger partial charge in [0.25, 0.3) is 0 Å².